The molecule has 0 bridgehead atoms. The van der Waals surface area contributed by atoms with E-state index in [0.29, 0.717) is 19.3 Å². The highest BCUT2D eigenvalue weighted by Crippen LogP contribution is 2.45. The molecule has 0 aliphatic rings. The molecule has 5 unspecified atom stereocenters. The van der Waals surface area contributed by atoms with E-state index in [1.54, 1.807) is 0 Å². The number of unbranched alkanes of at least 4 members (excludes halogenated alkanes) is 40. The average molecular weight is 1650 g/mol. The molecule has 18 heteroatoms. The minimum atomic E-state index is -4.94. The van der Waals surface area contributed by atoms with E-state index in [0.717, 1.165) is 154 Å². The fraction of sp³-hybridized carbons (Fsp3) is 0.722. The number of phosphoric ester groups is 2. The molecule has 0 saturated carbocycles. The Morgan fingerprint density at radius 2 is 0.478 bits per heavy atom. The first-order chi connectivity index (χ1) is 56.2. The standard InChI is InChI=1S/C97H168O16P2/c1-4-7-10-13-16-19-22-25-27-29-31-33-35-37-39-41-43-45-47-49-51-53-55-57-59-61-63-66-68-71-74-77-80-83-95(100)107-86-92(98)87-109-114(103,104)110-88-93(99)89-111-115(105,106)112-91-94(113-97(102)85-82-79-76-73-70-65-24-21-18-15-12-9-6-3)90-108-96(101)84-81-78-75-72-69-67-64-62-60-58-56-54-52-50-48-46-44-42-40-38-36-34-32-30-28-26-23-20-17-14-11-8-5-2/h7,10,12,15-17,19-21,24-28,31-34,37-40,43,45,92-94,98-99H,4-6,8-9,11,13-14,18,22-23,29-30,35-36,41-42,44,46-91H2,1-3H3,(H,103,104)(H,105,106)/b10-7-,15-12-,19-16-,20-17-,24-21-,27-25-,28-26-,33-31-,34-32-,39-37-,40-38-,45-43-. The summed E-state index contributed by atoms with van der Waals surface area (Å²) in [6.07, 6.45) is 112. The fourth-order valence-corrected chi connectivity index (χ4v) is 14.1. The zero-order chi connectivity index (χ0) is 83.6. The number of carbonyl (C=O) groups excluding carboxylic acids is 3. The molecular weight excluding hydrogens is 1480 g/mol. The summed E-state index contributed by atoms with van der Waals surface area (Å²) in [6.45, 7) is 2.50. The number of hydrogen-bond donors (Lipinski definition) is 4. The number of aliphatic hydroxyl groups excluding tert-OH is 2. The predicted octanol–water partition coefficient (Wildman–Crippen LogP) is 28.3. The van der Waals surface area contributed by atoms with Gasteiger partial charge in [0.25, 0.3) is 0 Å². The predicted molar refractivity (Wildman–Crippen MR) is 482 cm³/mol. The second kappa shape index (κ2) is 88.7. The van der Waals surface area contributed by atoms with Gasteiger partial charge in [-0.2, -0.15) is 0 Å². The molecule has 0 heterocycles. The summed E-state index contributed by atoms with van der Waals surface area (Å²) < 4.78 is 61.3. The van der Waals surface area contributed by atoms with Crippen molar-refractivity contribution in [3.05, 3.63) is 146 Å². The van der Waals surface area contributed by atoms with Crippen molar-refractivity contribution in [2.75, 3.05) is 39.6 Å². The molecule has 0 aromatic rings. The van der Waals surface area contributed by atoms with Crippen LogP contribution in [0.25, 0.3) is 0 Å². The third-order valence-electron chi connectivity index (χ3n) is 19.5. The Balaban J connectivity index is 4.40. The van der Waals surface area contributed by atoms with Crippen LogP contribution in [-0.2, 0) is 55.8 Å². The van der Waals surface area contributed by atoms with Crippen LogP contribution < -0.4 is 0 Å². The first kappa shape index (κ1) is 110. The Labute approximate surface area is 702 Å². The molecular formula is C97H168O16P2. The van der Waals surface area contributed by atoms with E-state index < -0.39 is 91.5 Å². The second-order valence-electron chi connectivity index (χ2n) is 30.7. The maximum absolute atomic E-state index is 13.0. The van der Waals surface area contributed by atoms with E-state index in [4.69, 9.17) is 32.3 Å². The Kier molecular flexibility index (Phi) is 85.2. The maximum atomic E-state index is 13.0. The first-order valence-electron chi connectivity index (χ1n) is 46.1. The number of hydrogen-bond acceptors (Lipinski definition) is 14. The minimum Gasteiger partial charge on any atom is -0.463 e. The Morgan fingerprint density at radius 3 is 0.765 bits per heavy atom. The molecule has 0 radical (unpaired) electrons. The van der Waals surface area contributed by atoms with Gasteiger partial charge >= 0.3 is 33.6 Å². The van der Waals surface area contributed by atoms with E-state index in [1.165, 1.54) is 180 Å². The number of esters is 3. The lowest BCUT2D eigenvalue weighted by molar-refractivity contribution is -0.161. The van der Waals surface area contributed by atoms with Crippen LogP contribution in [0.2, 0.25) is 0 Å². The fourth-order valence-electron chi connectivity index (χ4n) is 12.5. The van der Waals surface area contributed by atoms with Crippen molar-refractivity contribution in [3.8, 4) is 0 Å². The molecule has 115 heavy (non-hydrogen) atoms. The van der Waals surface area contributed by atoms with Gasteiger partial charge in [0.2, 0.25) is 0 Å². The molecule has 0 amide bonds. The molecule has 16 nitrogen and oxygen atoms in total. The van der Waals surface area contributed by atoms with Crippen molar-refractivity contribution in [1.82, 2.24) is 0 Å². The second-order valence-corrected chi connectivity index (χ2v) is 33.6. The zero-order valence-electron chi connectivity index (χ0n) is 72.9. The topological polar surface area (TPSA) is 231 Å². The zero-order valence-corrected chi connectivity index (χ0v) is 74.7. The van der Waals surface area contributed by atoms with Crippen LogP contribution in [0.5, 0.6) is 0 Å². The van der Waals surface area contributed by atoms with E-state index >= 15 is 0 Å². The first-order valence-corrected chi connectivity index (χ1v) is 49.1. The van der Waals surface area contributed by atoms with Gasteiger partial charge in [-0.1, -0.05) is 378 Å². The van der Waals surface area contributed by atoms with Gasteiger partial charge in [-0.05, 0) is 141 Å². The Bertz CT molecular complexity index is 2670. The van der Waals surface area contributed by atoms with Gasteiger partial charge in [-0.15, -0.1) is 0 Å². The summed E-state index contributed by atoms with van der Waals surface area (Å²) in [4.78, 5) is 58.8. The number of aliphatic hydroxyl groups is 2. The highest BCUT2D eigenvalue weighted by Gasteiger charge is 2.29. The van der Waals surface area contributed by atoms with Crippen LogP contribution in [0.3, 0.4) is 0 Å². The molecule has 0 saturated heterocycles. The normalized spacial score (nSPS) is 14.5. The third-order valence-corrected chi connectivity index (χ3v) is 21.4. The van der Waals surface area contributed by atoms with Gasteiger partial charge in [0.1, 0.15) is 25.4 Å². The quantitative estimate of drug-likeness (QED) is 0.0146. The van der Waals surface area contributed by atoms with Gasteiger partial charge < -0.3 is 34.2 Å². The highest BCUT2D eigenvalue weighted by molar-refractivity contribution is 7.47. The molecule has 5 atom stereocenters. The molecule has 0 aliphatic carbocycles. The van der Waals surface area contributed by atoms with Crippen molar-refractivity contribution in [2.45, 2.75) is 411 Å². The summed E-state index contributed by atoms with van der Waals surface area (Å²) in [5.41, 5.74) is 0. The van der Waals surface area contributed by atoms with Crippen molar-refractivity contribution in [1.29, 1.82) is 0 Å². The molecule has 0 aromatic carbocycles. The van der Waals surface area contributed by atoms with Crippen molar-refractivity contribution in [3.63, 3.8) is 0 Å². The van der Waals surface area contributed by atoms with Gasteiger partial charge in [-0.3, -0.25) is 32.5 Å². The van der Waals surface area contributed by atoms with E-state index in [9.17, 15) is 43.5 Å². The van der Waals surface area contributed by atoms with Crippen LogP contribution in [0, 0.1) is 0 Å². The van der Waals surface area contributed by atoms with Gasteiger partial charge in [0.05, 0.1) is 26.4 Å². The van der Waals surface area contributed by atoms with Crippen LogP contribution in [0.1, 0.15) is 393 Å². The van der Waals surface area contributed by atoms with Crippen LogP contribution in [0.15, 0.2) is 146 Å². The van der Waals surface area contributed by atoms with Crippen molar-refractivity contribution < 1.29 is 75.8 Å². The summed E-state index contributed by atoms with van der Waals surface area (Å²) in [7, 11) is -9.80. The molecule has 0 fully saturated rings. The lowest BCUT2D eigenvalue weighted by Crippen LogP contribution is -2.30. The van der Waals surface area contributed by atoms with Crippen LogP contribution in [-0.4, -0.2) is 95.9 Å². The van der Waals surface area contributed by atoms with E-state index in [1.807, 2.05) is 0 Å². The van der Waals surface area contributed by atoms with E-state index in [-0.39, 0.29) is 19.3 Å². The molecule has 0 spiro atoms. The van der Waals surface area contributed by atoms with Crippen LogP contribution >= 0.6 is 15.6 Å². The maximum Gasteiger partial charge on any atom is 0.472 e. The monoisotopic (exact) mass is 1650 g/mol. The lowest BCUT2D eigenvalue weighted by Gasteiger charge is -2.21. The average Bonchev–Trinajstić information content (AvgIpc) is 0.901. The largest absolute Gasteiger partial charge is 0.472 e. The molecule has 0 aromatic heterocycles. The summed E-state index contributed by atoms with van der Waals surface area (Å²) in [5.74, 6) is -1.58. The van der Waals surface area contributed by atoms with Crippen molar-refractivity contribution in [2.24, 2.45) is 0 Å². The van der Waals surface area contributed by atoms with Crippen molar-refractivity contribution >= 4 is 33.6 Å². The Hall–Kier alpha value is -4.57. The molecule has 0 rings (SSSR count). The Morgan fingerprint density at radius 1 is 0.252 bits per heavy atom. The molecule has 0 aliphatic heterocycles. The minimum absolute atomic E-state index is 0.0883. The smallest absolute Gasteiger partial charge is 0.463 e. The molecule has 4 N–H and O–H groups in total. The van der Waals surface area contributed by atoms with Gasteiger partial charge in [-0.25, -0.2) is 9.13 Å². The lowest BCUT2D eigenvalue weighted by atomic mass is 10.0. The third kappa shape index (κ3) is 90.0. The highest BCUT2D eigenvalue weighted by atomic mass is 31.2. The molecule has 662 valence electrons. The summed E-state index contributed by atoms with van der Waals surface area (Å²) >= 11 is 0. The van der Waals surface area contributed by atoms with E-state index in [2.05, 4.69) is 167 Å². The number of allylic oxidation sites excluding steroid dienone is 24. The number of ether oxygens (including phenoxy) is 3. The summed E-state index contributed by atoms with van der Waals surface area (Å²) in [6, 6.07) is 0. The number of rotatable bonds is 87. The SMILES string of the molecule is CC/C=C\C/C=C\C/C=C\C/C=C\C/C=C\C/C=C\CCCCCCCCCCCCCCCCC(=O)OCC(O)COP(=O)(O)OCC(O)COP(=O)(O)OCC(COC(=O)CCCCCCCCCCCCCCCCCCC/C=C\C/C=C\C/C=C\C/C=C\CCCCC)OC(=O)CCCCCCC/C=C\C/C=C\CCC. The van der Waals surface area contributed by atoms with Gasteiger partial charge in [0, 0.05) is 19.3 Å². The number of carbonyl (C=O) groups is 3. The summed E-state index contributed by atoms with van der Waals surface area (Å²) in [5, 5.41) is 20.7. The van der Waals surface area contributed by atoms with Gasteiger partial charge in [0.15, 0.2) is 6.10 Å². The number of phosphoric acid groups is 2. The van der Waals surface area contributed by atoms with Crippen LogP contribution in [0.4, 0.5) is 0 Å².